The molecule has 0 fully saturated rings. The second kappa shape index (κ2) is 5.13. The molecule has 5 nitrogen and oxygen atoms in total. The Morgan fingerprint density at radius 3 is 2.55 bits per heavy atom. The number of nitrogens with one attached hydrogen (secondary N) is 1. The van der Waals surface area contributed by atoms with E-state index in [-0.39, 0.29) is 0 Å². The zero-order valence-corrected chi connectivity index (χ0v) is 11.2. The highest BCUT2D eigenvalue weighted by Crippen LogP contribution is 2.31. The van der Waals surface area contributed by atoms with E-state index in [1.165, 1.54) is 0 Å². The third kappa shape index (κ3) is 2.25. The van der Waals surface area contributed by atoms with Gasteiger partial charge in [-0.25, -0.2) is 0 Å². The summed E-state index contributed by atoms with van der Waals surface area (Å²) in [7, 11) is 3.20. The van der Waals surface area contributed by atoms with E-state index in [9.17, 15) is 0 Å². The summed E-state index contributed by atoms with van der Waals surface area (Å²) in [6.07, 6.45) is 0. The van der Waals surface area contributed by atoms with Crippen LogP contribution in [0.4, 0.5) is 11.7 Å². The van der Waals surface area contributed by atoms with Crippen molar-refractivity contribution in [3.05, 3.63) is 42.5 Å². The Bertz CT molecular complexity index is 704. The summed E-state index contributed by atoms with van der Waals surface area (Å²) in [4.78, 5) is 4.36. The van der Waals surface area contributed by atoms with Crippen LogP contribution in [0.1, 0.15) is 0 Å². The molecule has 1 aromatic heterocycles. The lowest BCUT2D eigenvalue weighted by molar-refractivity contribution is 0.355. The van der Waals surface area contributed by atoms with Gasteiger partial charge in [0.05, 0.1) is 14.2 Å². The number of hydrogen-bond acceptors (Lipinski definition) is 5. The van der Waals surface area contributed by atoms with Crippen molar-refractivity contribution in [3.8, 4) is 11.5 Å². The number of para-hydroxylation sites is 2. The molecular formula is C15H14N2O3. The summed E-state index contributed by atoms with van der Waals surface area (Å²) in [6, 6.07) is 13.6. The van der Waals surface area contributed by atoms with Crippen LogP contribution in [0.5, 0.6) is 11.5 Å². The lowest BCUT2D eigenvalue weighted by Crippen LogP contribution is -1.94. The third-order valence-corrected chi connectivity index (χ3v) is 2.93. The van der Waals surface area contributed by atoms with Gasteiger partial charge in [-0.1, -0.05) is 12.1 Å². The van der Waals surface area contributed by atoms with E-state index < -0.39 is 0 Å². The molecule has 1 N–H and O–H groups in total. The SMILES string of the molecule is COc1ccc(Nc2nc3ccccc3o2)cc1OC. The number of nitrogens with zero attached hydrogens (tertiary/aromatic N) is 1. The molecule has 3 aromatic rings. The van der Waals surface area contributed by atoms with Crippen LogP contribution in [0.25, 0.3) is 11.1 Å². The van der Waals surface area contributed by atoms with Gasteiger partial charge in [0.25, 0.3) is 6.01 Å². The van der Waals surface area contributed by atoms with Gasteiger partial charge in [-0.05, 0) is 24.3 Å². The fraction of sp³-hybridized carbons (Fsp3) is 0.133. The summed E-state index contributed by atoms with van der Waals surface area (Å²) in [6.45, 7) is 0. The van der Waals surface area contributed by atoms with Crippen molar-refractivity contribution >= 4 is 22.8 Å². The van der Waals surface area contributed by atoms with Crippen LogP contribution in [0.2, 0.25) is 0 Å². The molecule has 0 bridgehead atoms. The number of ether oxygens (including phenoxy) is 2. The van der Waals surface area contributed by atoms with E-state index >= 15 is 0 Å². The topological polar surface area (TPSA) is 56.5 Å². The van der Waals surface area contributed by atoms with Crippen LogP contribution in [-0.2, 0) is 0 Å². The number of hydrogen-bond donors (Lipinski definition) is 1. The Kier molecular flexibility index (Phi) is 3.16. The van der Waals surface area contributed by atoms with E-state index in [1.807, 2.05) is 42.5 Å². The van der Waals surface area contributed by atoms with Crippen molar-refractivity contribution in [2.24, 2.45) is 0 Å². The number of anilines is 2. The third-order valence-electron chi connectivity index (χ3n) is 2.93. The van der Waals surface area contributed by atoms with Gasteiger partial charge in [-0.3, -0.25) is 0 Å². The zero-order valence-electron chi connectivity index (χ0n) is 11.2. The maximum absolute atomic E-state index is 5.61. The van der Waals surface area contributed by atoms with Crippen molar-refractivity contribution < 1.29 is 13.9 Å². The van der Waals surface area contributed by atoms with Crippen LogP contribution < -0.4 is 14.8 Å². The molecule has 0 unspecified atom stereocenters. The first kappa shape index (κ1) is 12.3. The summed E-state index contributed by atoms with van der Waals surface area (Å²) < 4.78 is 16.1. The number of benzene rings is 2. The monoisotopic (exact) mass is 270 g/mol. The first-order chi connectivity index (χ1) is 9.80. The molecule has 2 aromatic carbocycles. The van der Waals surface area contributed by atoms with E-state index in [0.29, 0.717) is 17.5 Å². The molecule has 1 heterocycles. The molecule has 0 amide bonds. The first-order valence-corrected chi connectivity index (χ1v) is 6.15. The molecule has 5 heteroatoms. The summed E-state index contributed by atoms with van der Waals surface area (Å²) in [5.41, 5.74) is 2.38. The van der Waals surface area contributed by atoms with Crippen molar-refractivity contribution in [1.29, 1.82) is 0 Å². The number of fused-ring (bicyclic) bond motifs is 1. The maximum Gasteiger partial charge on any atom is 0.300 e. The van der Waals surface area contributed by atoms with Gasteiger partial charge in [0, 0.05) is 11.8 Å². The Balaban J connectivity index is 1.90. The highest BCUT2D eigenvalue weighted by atomic mass is 16.5. The predicted molar refractivity (Wildman–Crippen MR) is 76.8 cm³/mol. The lowest BCUT2D eigenvalue weighted by Gasteiger charge is -2.09. The molecule has 0 aliphatic heterocycles. The zero-order chi connectivity index (χ0) is 13.9. The Hall–Kier alpha value is -2.69. The average Bonchev–Trinajstić information content (AvgIpc) is 2.89. The van der Waals surface area contributed by atoms with E-state index in [4.69, 9.17) is 13.9 Å². The van der Waals surface area contributed by atoms with Gasteiger partial charge in [0.2, 0.25) is 0 Å². The second-order valence-electron chi connectivity index (χ2n) is 4.18. The van der Waals surface area contributed by atoms with Crippen molar-refractivity contribution in [2.75, 3.05) is 19.5 Å². The molecule has 0 spiro atoms. The van der Waals surface area contributed by atoms with Crippen molar-refractivity contribution in [1.82, 2.24) is 4.98 Å². The largest absolute Gasteiger partial charge is 0.493 e. The van der Waals surface area contributed by atoms with Gasteiger partial charge >= 0.3 is 0 Å². The standard InChI is InChI=1S/C15H14N2O3/c1-18-13-8-7-10(9-14(13)19-2)16-15-17-11-5-3-4-6-12(11)20-15/h3-9H,1-2H3,(H,16,17). The van der Waals surface area contributed by atoms with Gasteiger partial charge in [0.1, 0.15) is 5.52 Å². The van der Waals surface area contributed by atoms with Crippen molar-refractivity contribution in [3.63, 3.8) is 0 Å². The minimum Gasteiger partial charge on any atom is -0.493 e. The quantitative estimate of drug-likeness (QED) is 0.785. The van der Waals surface area contributed by atoms with E-state index in [2.05, 4.69) is 10.3 Å². The van der Waals surface area contributed by atoms with Gasteiger partial charge in [0.15, 0.2) is 17.1 Å². The number of oxazole rings is 1. The predicted octanol–water partition coefficient (Wildman–Crippen LogP) is 3.59. The van der Waals surface area contributed by atoms with Crippen LogP contribution in [0, 0.1) is 0 Å². The van der Waals surface area contributed by atoms with E-state index in [0.717, 1.165) is 16.8 Å². The van der Waals surface area contributed by atoms with Crippen LogP contribution in [0.3, 0.4) is 0 Å². The normalized spacial score (nSPS) is 10.5. The minimum atomic E-state index is 0.443. The summed E-state index contributed by atoms with van der Waals surface area (Å²) >= 11 is 0. The highest BCUT2D eigenvalue weighted by Gasteiger charge is 2.08. The molecule has 102 valence electrons. The van der Waals surface area contributed by atoms with Crippen LogP contribution in [-0.4, -0.2) is 19.2 Å². The highest BCUT2D eigenvalue weighted by molar-refractivity contribution is 5.75. The average molecular weight is 270 g/mol. The molecule has 0 aliphatic rings. The summed E-state index contributed by atoms with van der Waals surface area (Å²) in [5.74, 6) is 1.32. The molecule has 3 rings (SSSR count). The van der Waals surface area contributed by atoms with Crippen LogP contribution in [0.15, 0.2) is 46.9 Å². The van der Waals surface area contributed by atoms with Gasteiger partial charge in [-0.2, -0.15) is 4.98 Å². The Morgan fingerprint density at radius 1 is 1.00 bits per heavy atom. The number of rotatable bonds is 4. The molecular weight excluding hydrogens is 256 g/mol. The molecule has 0 atom stereocenters. The van der Waals surface area contributed by atoms with Crippen molar-refractivity contribution in [2.45, 2.75) is 0 Å². The molecule has 20 heavy (non-hydrogen) atoms. The molecule has 0 aliphatic carbocycles. The number of methoxy groups -OCH3 is 2. The molecule has 0 saturated heterocycles. The van der Waals surface area contributed by atoms with Gasteiger partial charge < -0.3 is 19.2 Å². The molecule has 0 radical (unpaired) electrons. The second-order valence-corrected chi connectivity index (χ2v) is 4.18. The number of aromatic nitrogens is 1. The Morgan fingerprint density at radius 2 is 1.80 bits per heavy atom. The minimum absolute atomic E-state index is 0.443. The maximum atomic E-state index is 5.61. The lowest BCUT2D eigenvalue weighted by atomic mass is 10.3. The van der Waals surface area contributed by atoms with E-state index in [1.54, 1.807) is 14.2 Å². The fourth-order valence-corrected chi connectivity index (χ4v) is 1.96. The van der Waals surface area contributed by atoms with Gasteiger partial charge in [-0.15, -0.1) is 0 Å². The smallest absolute Gasteiger partial charge is 0.300 e. The fourth-order valence-electron chi connectivity index (χ4n) is 1.96. The van der Waals surface area contributed by atoms with Crippen LogP contribution >= 0.6 is 0 Å². The summed E-state index contributed by atoms with van der Waals surface area (Å²) in [5, 5.41) is 3.11. The molecule has 0 saturated carbocycles. The first-order valence-electron chi connectivity index (χ1n) is 6.15. The Labute approximate surface area is 116 Å².